The number of para-hydroxylation sites is 1. The van der Waals surface area contributed by atoms with E-state index in [-0.39, 0.29) is 0 Å². The Labute approximate surface area is 180 Å². The highest BCUT2D eigenvalue weighted by molar-refractivity contribution is 6.30. The number of hydrazone groups is 1. The molecule has 1 aliphatic rings. The third-order valence-corrected chi connectivity index (χ3v) is 5.48. The maximum absolute atomic E-state index is 6.13. The summed E-state index contributed by atoms with van der Waals surface area (Å²) >= 11 is 6.13. The molecule has 0 saturated heterocycles. The van der Waals surface area contributed by atoms with Crippen LogP contribution < -0.4 is 5.01 Å². The Morgan fingerprint density at radius 2 is 1.57 bits per heavy atom. The Morgan fingerprint density at radius 3 is 2.37 bits per heavy atom. The molecule has 3 aromatic carbocycles. The minimum Gasteiger partial charge on any atom is -0.263 e. The summed E-state index contributed by atoms with van der Waals surface area (Å²) in [6.07, 6.45) is 0.848. The Kier molecular flexibility index (Phi) is 4.81. The number of hydrogen-bond acceptors (Lipinski definition) is 4. The minimum atomic E-state index is 0.688. The first kappa shape index (κ1) is 18.6. The summed E-state index contributed by atoms with van der Waals surface area (Å²) in [6.45, 7) is 2.66. The first-order valence-electron chi connectivity index (χ1n) is 9.88. The van der Waals surface area contributed by atoms with Gasteiger partial charge in [-0.05, 0) is 37.1 Å². The Hall–Kier alpha value is -3.44. The van der Waals surface area contributed by atoms with Crippen LogP contribution in [0, 0.1) is 6.92 Å². The molecular formula is C24H20ClN5. The molecule has 6 heteroatoms. The summed E-state index contributed by atoms with van der Waals surface area (Å²) in [5.41, 5.74) is 5.20. The van der Waals surface area contributed by atoms with Gasteiger partial charge in [0.25, 0.3) is 5.95 Å². The zero-order valence-electron chi connectivity index (χ0n) is 16.5. The van der Waals surface area contributed by atoms with Gasteiger partial charge in [0.15, 0.2) is 0 Å². The fourth-order valence-electron chi connectivity index (χ4n) is 3.74. The van der Waals surface area contributed by atoms with Crippen molar-refractivity contribution in [2.45, 2.75) is 13.3 Å². The summed E-state index contributed by atoms with van der Waals surface area (Å²) in [5.74, 6) is 1.55. The molecule has 0 atom stereocenters. The number of nitrogens with zero attached hydrogens (tertiary/aromatic N) is 5. The van der Waals surface area contributed by atoms with Gasteiger partial charge in [-0.3, -0.25) is 4.57 Å². The molecular weight excluding hydrogens is 394 g/mol. The fraction of sp³-hybridized carbons (Fsp3) is 0.125. The van der Waals surface area contributed by atoms with E-state index in [4.69, 9.17) is 16.7 Å². The number of aryl methyl sites for hydroxylation is 1. The minimum absolute atomic E-state index is 0.688. The normalized spacial score (nSPS) is 12.7. The molecule has 5 nitrogen and oxygen atoms in total. The quantitative estimate of drug-likeness (QED) is 0.470. The van der Waals surface area contributed by atoms with Crippen LogP contribution in [0.15, 0.2) is 84.0 Å². The zero-order chi connectivity index (χ0) is 20.5. The molecule has 0 N–H and O–H groups in total. The maximum atomic E-state index is 6.13. The maximum Gasteiger partial charge on any atom is 0.252 e. The van der Waals surface area contributed by atoms with Crippen LogP contribution in [0.4, 0.5) is 5.95 Å². The molecule has 0 saturated carbocycles. The molecule has 5 rings (SSSR count). The summed E-state index contributed by atoms with van der Waals surface area (Å²) in [7, 11) is 0. The van der Waals surface area contributed by atoms with Crippen molar-refractivity contribution in [2.24, 2.45) is 5.10 Å². The Morgan fingerprint density at radius 1 is 0.833 bits per heavy atom. The van der Waals surface area contributed by atoms with Crippen molar-refractivity contribution in [3.8, 4) is 5.69 Å². The van der Waals surface area contributed by atoms with Gasteiger partial charge in [-0.25, -0.2) is 5.01 Å². The molecule has 1 aliphatic heterocycles. The van der Waals surface area contributed by atoms with Crippen molar-refractivity contribution in [2.75, 3.05) is 11.6 Å². The van der Waals surface area contributed by atoms with Crippen molar-refractivity contribution in [3.63, 3.8) is 0 Å². The highest BCUT2D eigenvalue weighted by Crippen LogP contribution is 2.30. The SMILES string of the molecule is Cc1nnc2n1-c1ccccc1C(c1ccc(Cl)cc1)=NN2CCc1ccccc1. The first-order valence-corrected chi connectivity index (χ1v) is 10.3. The smallest absolute Gasteiger partial charge is 0.252 e. The highest BCUT2D eigenvalue weighted by Gasteiger charge is 2.26. The van der Waals surface area contributed by atoms with Gasteiger partial charge in [0, 0.05) is 22.7 Å². The second kappa shape index (κ2) is 7.76. The second-order valence-electron chi connectivity index (χ2n) is 7.21. The van der Waals surface area contributed by atoms with Gasteiger partial charge in [0.1, 0.15) is 11.5 Å². The Bertz CT molecular complexity index is 1210. The largest absolute Gasteiger partial charge is 0.263 e. The van der Waals surface area contributed by atoms with Gasteiger partial charge in [0.05, 0.1) is 5.69 Å². The zero-order valence-corrected chi connectivity index (χ0v) is 17.3. The first-order chi connectivity index (χ1) is 14.7. The Balaban J connectivity index is 1.65. The van der Waals surface area contributed by atoms with E-state index >= 15 is 0 Å². The van der Waals surface area contributed by atoms with Crippen LogP contribution in [0.2, 0.25) is 5.02 Å². The summed E-state index contributed by atoms with van der Waals surface area (Å²) in [5, 5.41) is 16.5. The van der Waals surface area contributed by atoms with Crippen LogP contribution in [0.5, 0.6) is 0 Å². The van der Waals surface area contributed by atoms with E-state index in [1.165, 1.54) is 5.56 Å². The van der Waals surface area contributed by atoms with Gasteiger partial charge in [0.2, 0.25) is 0 Å². The van der Waals surface area contributed by atoms with Crippen LogP contribution in [-0.4, -0.2) is 27.0 Å². The van der Waals surface area contributed by atoms with Gasteiger partial charge in [-0.15, -0.1) is 10.2 Å². The highest BCUT2D eigenvalue weighted by atomic mass is 35.5. The van der Waals surface area contributed by atoms with E-state index in [0.29, 0.717) is 11.6 Å². The van der Waals surface area contributed by atoms with E-state index in [0.717, 1.165) is 40.7 Å². The van der Waals surface area contributed by atoms with E-state index in [1.54, 1.807) is 0 Å². The van der Waals surface area contributed by atoms with Crippen molar-refractivity contribution in [1.82, 2.24) is 14.8 Å². The van der Waals surface area contributed by atoms with Gasteiger partial charge >= 0.3 is 0 Å². The number of rotatable bonds is 4. The predicted molar refractivity (Wildman–Crippen MR) is 121 cm³/mol. The predicted octanol–water partition coefficient (Wildman–Crippen LogP) is 5.04. The lowest BCUT2D eigenvalue weighted by atomic mass is 10.0. The van der Waals surface area contributed by atoms with Crippen LogP contribution in [-0.2, 0) is 6.42 Å². The molecule has 0 amide bonds. The molecule has 0 unspecified atom stereocenters. The molecule has 30 heavy (non-hydrogen) atoms. The number of fused-ring (bicyclic) bond motifs is 3. The van der Waals surface area contributed by atoms with E-state index in [9.17, 15) is 0 Å². The molecule has 4 aromatic rings. The average Bonchev–Trinajstić information content (AvgIpc) is 3.10. The van der Waals surface area contributed by atoms with E-state index in [2.05, 4.69) is 51.2 Å². The summed E-state index contributed by atoms with van der Waals surface area (Å²) in [4.78, 5) is 0. The number of halogens is 1. The van der Waals surface area contributed by atoms with Crippen LogP contribution in [0.3, 0.4) is 0 Å². The van der Waals surface area contributed by atoms with Crippen LogP contribution in [0.25, 0.3) is 5.69 Å². The van der Waals surface area contributed by atoms with Crippen LogP contribution >= 0.6 is 11.6 Å². The molecule has 0 fully saturated rings. The average molecular weight is 414 g/mol. The number of benzene rings is 3. The molecule has 0 aliphatic carbocycles. The number of anilines is 1. The fourth-order valence-corrected chi connectivity index (χ4v) is 3.87. The van der Waals surface area contributed by atoms with E-state index in [1.807, 2.05) is 54.4 Å². The van der Waals surface area contributed by atoms with Crippen LogP contribution in [0.1, 0.15) is 22.5 Å². The van der Waals surface area contributed by atoms with E-state index < -0.39 is 0 Å². The van der Waals surface area contributed by atoms with Crippen molar-refractivity contribution in [1.29, 1.82) is 0 Å². The summed E-state index contributed by atoms with van der Waals surface area (Å²) in [6, 6.07) is 26.4. The molecule has 0 bridgehead atoms. The van der Waals surface area contributed by atoms with Crippen molar-refractivity contribution < 1.29 is 0 Å². The lowest BCUT2D eigenvalue weighted by Gasteiger charge is -2.17. The third kappa shape index (κ3) is 3.37. The molecule has 1 aromatic heterocycles. The third-order valence-electron chi connectivity index (χ3n) is 5.23. The number of hydrogen-bond donors (Lipinski definition) is 0. The standard InChI is InChI=1S/C24H20ClN5/c1-17-26-27-24-29(16-15-18-7-3-2-4-8-18)28-23(19-11-13-20(25)14-12-19)21-9-5-6-10-22(21)30(17)24/h2-14H,15-16H2,1H3. The molecule has 0 radical (unpaired) electrons. The topological polar surface area (TPSA) is 46.3 Å². The molecule has 0 spiro atoms. The molecule has 148 valence electrons. The number of aromatic nitrogens is 3. The van der Waals surface area contributed by atoms with Gasteiger partial charge in [-0.1, -0.05) is 72.3 Å². The van der Waals surface area contributed by atoms with Crippen molar-refractivity contribution >= 4 is 23.3 Å². The molecule has 2 heterocycles. The second-order valence-corrected chi connectivity index (χ2v) is 7.65. The lowest BCUT2D eigenvalue weighted by molar-refractivity contribution is 0.780. The monoisotopic (exact) mass is 413 g/mol. The summed E-state index contributed by atoms with van der Waals surface area (Å²) < 4.78 is 2.08. The van der Waals surface area contributed by atoms with Gasteiger partial charge < -0.3 is 0 Å². The van der Waals surface area contributed by atoms with Gasteiger partial charge in [-0.2, -0.15) is 5.10 Å². The van der Waals surface area contributed by atoms with Crippen molar-refractivity contribution in [3.05, 3.63) is 106 Å². The lowest BCUT2D eigenvalue weighted by Crippen LogP contribution is -2.23.